The Morgan fingerprint density at radius 3 is 2.00 bits per heavy atom. The minimum Gasteiger partial charge on any atom is -0.459 e. The molecule has 2 N–H and O–H groups in total. The third-order valence-electron chi connectivity index (χ3n) is 13.7. The first-order chi connectivity index (χ1) is 33.0. The van der Waals surface area contributed by atoms with Crippen LogP contribution in [0.25, 0.3) is 10.8 Å². The van der Waals surface area contributed by atoms with Gasteiger partial charge in [-0.3, -0.25) is 34.3 Å². The fourth-order valence-electron chi connectivity index (χ4n) is 9.99. The Morgan fingerprint density at radius 2 is 1.40 bits per heavy atom. The van der Waals surface area contributed by atoms with Gasteiger partial charge in [-0.1, -0.05) is 128 Å². The number of hydrogen-bond donors (Lipinski definition) is 2. The van der Waals surface area contributed by atoms with Crippen molar-refractivity contribution >= 4 is 46.5 Å². The maximum absolute atomic E-state index is 14.6. The molecule has 1 heterocycles. The van der Waals surface area contributed by atoms with E-state index in [0.717, 1.165) is 21.9 Å². The van der Waals surface area contributed by atoms with E-state index >= 15 is 0 Å². The number of benzene rings is 3. The second-order valence-corrected chi connectivity index (χ2v) is 20.6. The van der Waals surface area contributed by atoms with E-state index in [1.807, 2.05) is 112 Å². The van der Waals surface area contributed by atoms with Gasteiger partial charge in [-0.15, -0.1) is 0 Å². The Kier molecular flexibility index (Phi) is 21.4. The van der Waals surface area contributed by atoms with Crippen LogP contribution in [0.1, 0.15) is 106 Å². The van der Waals surface area contributed by atoms with Gasteiger partial charge in [0.1, 0.15) is 24.3 Å². The quantitative estimate of drug-likeness (QED) is 0.0899. The number of likely N-dealkylation sites (N-methyl/N-ethyl adjacent to an activating group) is 2. The van der Waals surface area contributed by atoms with Crippen LogP contribution in [0.15, 0.2) is 72.8 Å². The Balaban J connectivity index is 1.51. The van der Waals surface area contributed by atoms with Crippen LogP contribution < -0.4 is 10.6 Å². The van der Waals surface area contributed by atoms with Crippen LogP contribution in [0, 0.1) is 23.7 Å². The average molecular weight is 972 g/mol. The standard InChI is InChI=1S/C55H81N5O10/c1-15-36(6)48(58(11)46(34(2)3)51(63)57-52(64)47(35(4)5)59(12)54(66)70-55(8,9)10)44(67-13)32-45(61)60-30-22-29-43(60)49(68-14)37(7)50(62)56-42(31-38-23-17-16-18-24-38)53(65)69-33-40-27-21-26-39-25-19-20-28-41(39)40/h16-21,23-28,34-37,42-44,46-49H,15,22,29-33H2,1-14H3,(H,56,62)(H,57,63,64)/t36-,37+,42-,43-,44+,46-,47-,48-,49+/m0/s1. The monoisotopic (exact) mass is 972 g/mol. The van der Waals surface area contributed by atoms with E-state index in [2.05, 4.69) is 10.6 Å². The number of amides is 5. The van der Waals surface area contributed by atoms with Gasteiger partial charge in [0.05, 0.1) is 36.6 Å². The van der Waals surface area contributed by atoms with Gasteiger partial charge >= 0.3 is 12.1 Å². The lowest BCUT2D eigenvalue weighted by Gasteiger charge is -2.43. The molecular weight excluding hydrogens is 891 g/mol. The minimum absolute atomic E-state index is 0.0213. The molecule has 3 aromatic carbocycles. The molecule has 1 aliphatic heterocycles. The van der Waals surface area contributed by atoms with Crippen molar-refractivity contribution in [1.29, 1.82) is 0 Å². The van der Waals surface area contributed by atoms with Gasteiger partial charge in [0.15, 0.2) is 0 Å². The number of esters is 1. The zero-order valence-corrected chi connectivity index (χ0v) is 44.2. The molecule has 0 bridgehead atoms. The summed E-state index contributed by atoms with van der Waals surface area (Å²) in [5.74, 6) is -3.73. The molecule has 386 valence electrons. The van der Waals surface area contributed by atoms with Crippen molar-refractivity contribution in [3.8, 4) is 0 Å². The van der Waals surface area contributed by atoms with Crippen LogP contribution in [0.4, 0.5) is 4.79 Å². The maximum atomic E-state index is 14.6. The fourth-order valence-corrected chi connectivity index (χ4v) is 9.99. The molecule has 9 atom stereocenters. The number of nitrogens with zero attached hydrogens (tertiary/aromatic N) is 3. The highest BCUT2D eigenvalue weighted by Gasteiger charge is 2.44. The first-order valence-corrected chi connectivity index (χ1v) is 24.9. The van der Waals surface area contributed by atoms with Crippen molar-refractivity contribution in [1.82, 2.24) is 25.3 Å². The van der Waals surface area contributed by atoms with Crippen LogP contribution >= 0.6 is 0 Å². The van der Waals surface area contributed by atoms with Gasteiger partial charge in [-0.25, -0.2) is 9.59 Å². The van der Waals surface area contributed by atoms with Gasteiger partial charge < -0.3 is 29.2 Å². The molecule has 70 heavy (non-hydrogen) atoms. The van der Waals surface area contributed by atoms with Crippen molar-refractivity contribution in [3.63, 3.8) is 0 Å². The number of carbonyl (C=O) groups excluding carboxylic acids is 6. The summed E-state index contributed by atoms with van der Waals surface area (Å²) in [4.78, 5) is 88.7. The molecule has 1 aliphatic rings. The second kappa shape index (κ2) is 26.2. The molecular formula is C55H81N5O10. The Bertz CT molecular complexity index is 2210. The number of hydrogen-bond acceptors (Lipinski definition) is 11. The summed E-state index contributed by atoms with van der Waals surface area (Å²) in [5, 5.41) is 7.60. The SMILES string of the molecule is CC[C@H](C)[C@@H]([C@@H](CC(=O)N1CCC[C@H]1[C@H](OC)[C@@H](C)C(=O)N[C@@H](Cc1ccccc1)C(=O)OCc1cccc2ccccc12)OC)N(C)[C@H](C(=O)NC(=O)[C@H](C(C)C)N(C)C(=O)OC(C)(C)C)C(C)C. The molecule has 15 heteroatoms. The fraction of sp³-hybridized carbons (Fsp3) is 0.600. The number of likely N-dealkylation sites (tertiary alicyclic amines) is 1. The molecule has 4 rings (SSSR count). The first-order valence-electron chi connectivity index (χ1n) is 24.9. The molecule has 0 aromatic heterocycles. The molecule has 1 fully saturated rings. The first kappa shape index (κ1) is 57.2. The number of nitrogens with one attached hydrogen (secondary N) is 2. The normalized spacial score (nSPS) is 17.6. The largest absolute Gasteiger partial charge is 0.459 e. The van der Waals surface area contributed by atoms with Crippen LogP contribution in [0.5, 0.6) is 0 Å². The molecule has 5 amide bonds. The predicted molar refractivity (Wildman–Crippen MR) is 271 cm³/mol. The topological polar surface area (TPSA) is 173 Å². The number of carbonyl (C=O) groups is 6. The molecule has 0 spiro atoms. The summed E-state index contributed by atoms with van der Waals surface area (Å²) in [5.41, 5.74) is 0.923. The van der Waals surface area contributed by atoms with Crippen LogP contribution in [0.3, 0.4) is 0 Å². The maximum Gasteiger partial charge on any atom is 0.410 e. The van der Waals surface area contributed by atoms with E-state index in [-0.39, 0.29) is 43.1 Å². The Hall–Kier alpha value is -5.38. The lowest BCUT2D eigenvalue weighted by atomic mass is 9.87. The lowest BCUT2D eigenvalue weighted by molar-refractivity contribution is -0.150. The summed E-state index contributed by atoms with van der Waals surface area (Å²) in [7, 11) is 6.39. The van der Waals surface area contributed by atoms with Crippen LogP contribution in [-0.4, -0.2) is 133 Å². The second-order valence-electron chi connectivity index (χ2n) is 20.6. The number of rotatable bonds is 23. The van der Waals surface area contributed by atoms with E-state index < -0.39 is 83.7 Å². The summed E-state index contributed by atoms with van der Waals surface area (Å²) in [6.07, 6.45) is 0.133. The van der Waals surface area contributed by atoms with Gasteiger partial charge in [0.2, 0.25) is 23.6 Å². The number of methoxy groups -OCH3 is 2. The molecule has 0 saturated carbocycles. The van der Waals surface area contributed by atoms with Crippen molar-refractivity contribution < 1.29 is 47.7 Å². The van der Waals surface area contributed by atoms with Crippen molar-refractivity contribution in [2.75, 3.05) is 34.9 Å². The molecule has 3 aromatic rings. The van der Waals surface area contributed by atoms with E-state index in [1.54, 1.807) is 53.6 Å². The van der Waals surface area contributed by atoms with Gasteiger partial charge in [-0.2, -0.15) is 0 Å². The summed E-state index contributed by atoms with van der Waals surface area (Å²) in [6, 6.07) is 19.5. The number of imide groups is 1. The summed E-state index contributed by atoms with van der Waals surface area (Å²) in [6.45, 7) is 18.9. The molecule has 15 nitrogen and oxygen atoms in total. The van der Waals surface area contributed by atoms with Gasteiger partial charge in [-0.05, 0) is 80.3 Å². The van der Waals surface area contributed by atoms with E-state index in [9.17, 15) is 28.8 Å². The highest BCUT2D eigenvalue weighted by atomic mass is 16.6. The zero-order valence-electron chi connectivity index (χ0n) is 44.2. The van der Waals surface area contributed by atoms with Gasteiger partial charge in [0, 0.05) is 40.3 Å². The number of fused-ring (bicyclic) bond motifs is 1. The zero-order chi connectivity index (χ0) is 52.0. The van der Waals surface area contributed by atoms with E-state index in [0.29, 0.717) is 25.8 Å². The summed E-state index contributed by atoms with van der Waals surface area (Å²) >= 11 is 0. The van der Waals surface area contributed by atoms with Gasteiger partial charge in [0.25, 0.3) is 0 Å². The van der Waals surface area contributed by atoms with E-state index in [4.69, 9.17) is 18.9 Å². The van der Waals surface area contributed by atoms with E-state index in [1.165, 1.54) is 19.1 Å². The Morgan fingerprint density at radius 1 is 0.786 bits per heavy atom. The van der Waals surface area contributed by atoms with Crippen molar-refractivity contribution in [2.45, 2.75) is 156 Å². The van der Waals surface area contributed by atoms with Crippen molar-refractivity contribution in [3.05, 3.63) is 83.9 Å². The third-order valence-corrected chi connectivity index (χ3v) is 13.7. The highest BCUT2D eigenvalue weighted by Crippen LogP contribution is 2.31. The van der Waals surface area contributed by atoms with Crippen LogP contribution in [-0.2, 0) is 55.9 Å². The lowest BCUT2D eigenvalue weighted by Crippen LogP contribution is -2.60. The van der Waals surface area contributed by atoms with Crippen LogP contribution in [0.2, 0.25) is 0 Å². The average Bonchev–Trinajstić information content (AvgIpc) is 3.79. The summed E-state index contributed by atoms with van der Waals surface area (Å²) < 4.78 is 23.6. The predicted octanol–water partition coefficient (Wildman–Crippen LogP) is 7.56. The molecule has 0 aliphatic carbocycles. The molecule has 0 radical (unpaired) electrons. The smallest absolute Gasteiger partial charge is 0.410 e. The third kappa shape index (κ3) is 15.1. The molecule has 0 unspecified atom stereocenters. The molecule has 1 saturated heterocycles. The van der Waals surface area contributed by atoms with Crippen molar-refractivity contribution in [2.24, 2.45) is 23.7 Å². The highest BCUT2D eigenvalue weighted by molar-refractivity contribution is 6.01. The minimum atomic E-state index is -0.992. The number of ether oxygens (including phenoxy) is 4. The Labute approximate surface area is 416 Å².